The molecule has 1 atom stereocenters. The Bertz CT molecular complexity index is 315. The lowest BCUT2D eigenvalue weighted by atomic mass is 10.0. The third kappa shape index (κ3) is 1.94. The minimum Gasteiger partial charge on any atom is -0.398 e. The SMILES string of the molecule is Cc1c(N)ccc([C@H](N)CO)c1Cl. The smallest absolute Gasteiger partial charge is 0.0624 e. The normalized spacial score (nSPS) is 12.9. The van der Waals surface area contributed by atoms with Crippen molar-refractivity contribution in [3.63, 3.8) is 0 Å². The van der Waals surface area contributed by atoms with Gasteiger partial charge in [0.1, 0.15) is 0 Å². The lowest BCUT2D eigenvalue weighted by molar-refractivity contribution is 0.268. The van der Waals surface area contributed by atoms with E-state index in [-0.39, 0.29) is 6.61 Å². The summed E-state index contributed by atoms with van der Waals surface area (Å²) in [6.07, 6.45) is 0. The van der Waals surface area contributed by atoms with Crippen molar-refractivity contribution < 1.29 is 5.11 Å². The van der Waals surface area contributed by atoms with Gasteiger partial charge in [0.05, 0.1) is 17.7 Å². The summed E-state index contributed by atoms with van der Waals surface area (Å²) in [6.45, 7) is 1.70. The van der Waals surface area contributed by atoms with E-state index < -0.39 is 6.04 Å². The Morgan fingerprint density at radius 2 is 2.15 bits per heavy atom. The Labute approximate surface area is 82.3 Å². The second kappa shape index (κ2) is 3.96. The first-order valence-electron chi connectivity index (χ1n) is 3.98. The molecule has 1 aromatic carbocycles. The van der Waals surface area contributed by atoms with Crippen LogP contribution in [-0.4, -0.2) is 11.7 Å². The van der Waals surface area contributed by atoms with E-state index in [9.17, 15) is 0 Å². The molecule has 0 aliphatic heterocycles. The van der Waals surface area contributed by atoms with Gasteiger partial charge in [-0.25, -0.2) is 0 Å². The predicted octanol–water partition coefficient (Wildman–Crippen LogP) is 1.22. The number of aliphatic hydroxyl groups is 1. The van der Waals surface area contributed by atoms with Crippen LogP contribution in [0.5, 0.6) is 0 Å². The van der Waals surface area contributed by atoms with Gasteiger partial charge in [-0.1, -0.05) is 17.7 Å². The molecule has 0 saturated carbocycles. The quantitative estimate of drug-likeness (QED) is 0.629. The molecule has 0 aliphatic rings. The summed E-state index contributed by atoms with van der Waals surface area (Å²) < 4.78 is 0. The number of hydrogen-bond acceptors (Lipinski definition) is 3. The number of benzene rings is 1. The van der Waals surface area contributed by atoms with Crippen LogP contribution < -0.4 is 11.5 Å². The zero-order chi connectivity index (χ0) is 10.0. The monoisotopic (exact) mass is 200 g/mol. The summed E-state index contributed by atoms with van der Waals surface area (Å²) in [5.41, 5.74) is 13.5. The maximum atomic E-state index is 8.86. The van der Waals surface area contributed by atoms with Crippen molar-refractivity contribution in [2.75, 3.05) is 12.3 Å². The molecule has 0 radical (unpaired) electrons. The van der Waals surface area contributed by atoms with Crippen LogP contribution in [0, 0.1) is 6.92 Å². The highest BCUT2D eigenvalue weighted by atomic mass is 35.5. The molecule has 0 bridgehead atoms. The summed E-state index contributed by atoms with van der Waals surface area (Å²) in [5.74, 6) is 0. The summed E-state index contributed by atoms with van der Waals surface area (Å²) in [4.78, 5) is 0. The van der Waals surface area contributed by atoms with Crippen molar-refractivity contribution in [1.29, 1.82) is 0 Å². The van der Waals surface area contributed by atoms with Crippen LogP contribution in [0.2, 0.25) is 5.02 Å². The standard InChI is InChI=1S/C9H13ClN2O/c1-5-7(11)3-2-6(9(5)10)8(12)4-13/h2-3,8,13H,4,11-12H2,1H3/t8-/m1/s1. The van der Waals surface area contributed by atoms with Gasteiger partial charge in [0.2, 0.25) is 0 Å². The van der Waals surface area contributed by atoms with E-state index >= 15 is 0 Å². The second-order valence-corrected chi connectivity index (χ2v) is 3.35. The van der Waals surface area contributed by atoms with Crippen molar-refractivity contribution in [1.82, 2.24) is 0 Å². The van der Waals surface area contributed by atoms with E-state index in [1.807, 2.05) is 6.92 Å². The Kier molecular flexibility index (Phi) is 3.14. The van der Waals surface area contributed by atoms with Crippen LogP contribution in [0.4, 0.5) is 5.69 Å². The van der Waals surface area contributed by atoms with Gasteiger partial charge in [-0.3, -0.25) is 0 Å². The largest absolute Gasteiger partial charge is 0.398 e. The molecular weight excluding hydrogens is 188 g/mol. The number of rotatable bonds is 2. The van der Waals surface area contributed by atoms with Gasteiger partial charge in [-0.2, -0.15) is 0 Å². The van der Waals surface area contributed by atoms with Crippen LogP contribution in [0.3, 0.4) is 0 Å². The van der Waals surface area contributed by atoms with Crippen molar-refractivity contribution >= 4 is 17.3 Å². The zero-order valence-corrected chi connectivity index (χ0v) is 8.17. The van der Waals surface area contributed by atoms with E-state index in [4.69, 9.17) is 28.2 Å². The molecule has 3 nitrogen and oxygen atoms in total. The van der Waals surface area contributed by atoms with E-state index in [1.165, 1.54) is 0 Å². The first-order valence-corrected chi connectivity index (χ1v) is 4.36. The molecule has 0 amide bonds. The molecule has 5 N–H and O–H groups in total. The van der Waals surface area contributed by atoms with E-state index in [0.29, 0.717) is 10.7 Å². The van der Waals surface area contributed by atoms with Crippen LogP contribution >= 0.6 is 11.6 Å². The van der Waals surface area contributed by atoms with Crippen molar-refractivity contribution in [3.8, 4) is 0 Å². The van der Waals surface area contributed by atoms with Gasteiger partial charge in [0.25, 0.3) is 0 Å². The third-order valence-electron chi connectivity index (χ3n) is 2.05. The van der Waals surface area contributed by atoms with E-state index in [2.05, 4.69) is 0 Å². The molecule has 1 rings (SSSR count). The van der Waals surface area contributed by atoms with Crippen LogP contribution in [0.1, 0.15) is 17.2 Å². The van der Waals surface area contributed by atoms with E-state index in [1.54, 1.807) is 12.1 Å². The maximum Gasteiger partial charge on any atom is 0.0624 e. The molecule has 72 valence electrons. The zero-order valence-electron chi connectivity index (χ0n) is 7.42. The molecule has 0 heterocycles. The highest BCUT2D eigenvalue weighted by molar-refractivity contribution is 6.32. The Morgan fingerprint density at radius 1 is 1.54 bits per heavy atom. The predicted molar refractivity (Wildman–Crippen MR) is 54.6 cm³/mol. The lowest BCUT2D eigenvalue weighted by Gasteiger charge is -2.13. The van der Waals surface area contributed by atoms with Crippen molar-refractivity contribution in [3.05, 3.63) is 28.3 Å². The molecule has 0 fully saturated rings. The molecule has 0 spiro atoms. The first kappa shape index (κ1) is 10.3. The average molecular weight is 201 g/mol. The summed E-state index contributed by atoms with van der Waals surface area (Å²) in [5, 5.41) is 9.40. The topological polar surface area (TPSA) is 72.3 Å². The fraction of sp³-hybridized carbons (Fsp3) is 0.333. The minimum atomic E-state index is -0.438. The molecule has 0 aliphatic carbocycles. The van der Waals surface area contributed by atoms with Gasteiger partial charge in [-0.05, 0) is 24.1 Å². The summed E-state index contributed by atoms with van der Waals surface area (Å²) >= 11 is 6.00. The number of nitrogens with two attached hydrogens (primary N) is 2. The fourth-order valence-corrected chi connectivity index (χ4v) is 1.42. The lowest BCUT2D eigenvalue weighted by Crippen LogP contribution is -2.15. The van der Waals surface area contributed by atoms with Gasteiger partial charge in [-0.15, -0.1) is 0 Å². The van der Waals surface area contributed by atoms with Gasteiger partial charge >= 0.3 is 0 Å². The van der Waals surface area contributed by atoms with Gasteiger partial charge in [0, 0.05) is 5.69 Å². The van der Waals surface area contributed by atoms with E-state index in [0.717, 1.165) is 11.1 Å². The molecule has 4 heteroatoms. The first-order chi connectivity index (χ1) is 6.07. The third-order valence-corrected chi connectivity index (χ3v) is 2.56. The Morgan fingerprint density at radius 3 is 2.69 bits per heavy atom. The van der Waals surface area contributed by atoms with Gasteiger partial charge in [0.15, 0.2) is 0 Å². The average Bonchev–Trinajstić information content (AvgIpc) is 2.13. The molecule has 0 aromatic heterocycles. The summed E-state index contributed by atoms with van der Waals surface area (Å²) in [7, 11) is 0. The number of nitrogen functional groups attached to an aromatic ring is 1. The maximum absolute atomic E-state index is 8.86. The number of aliphatic hydroxyl groups excluding tert-OH is 1. The van der Waals surface area contributed by atoms with Crippen LogP contribution in [-0.2, 0) is 0 Å². The Balaban J connectivity index is 3.18. The molecule has 13 heavy (non-hydrogen) atoms. The molecule has 0 saturated heterocycles. The number of halogens is 1. The minimum absolute atomic E-state index is 0.122. The van der Waals surface area contributed by atoms with Crippen molar-refractivity contribution in [2.45, 2.75) is 13.0 Å². The van der Waals surface area contributed by atoms with Crippen LogP contribution in [0.15, 0.2) is 12.1 Å². The van der Waals surface area contributed by atoms with Crippen LogP contribution in [0.25, 0.3) is 0 Å². The van der Waals surface area contributed by atoms with Gasteiger partial charge < -0.3 is 16.6 Å². The molecule has 0 unspecified atom stereocenters. The Hall–Kier alpha value is -0.770. The van der Waals surface area contributed by atoms with Crippen molar-refractivity contribution in [2.24, 2.45) is 5.73 Å². The summed E-state index contributed by atoms with van der Waals surface area (Å²) in [6, 6.07) is 3.05. The number of hydrogen-bond donors (Lipinski definition) is 3. The highest BCUT2D eigenvalue weighted by Gasteiger charge is 2.11. The fourth-order valence-electron chi connectivity index (χ4n) is 1.11. The number of anilines is 1. The second-order valence-electron chi connectivity index (χ2n) is 2.97. The molecular formula is C9H13ClN2O. The molecule has 1 aromatic rings. The highest BCUT2D eigenvalue weighted by Crippen LogP contribution is 2.28.